The maximum atomic E-state index is 5.91. The maximum Gasteiger partial charge on any atom is 0.140 e. The minimum atomic E-state index is 0.507. The van der Waals surface area contributed by atoms with Gasteiger partial charge in [0.1, 0.15) is 12.1 Å². The molecule has 4 nitrogen and oxygen atoms in total. The maximum absolute atomic E-state index is 5.91. The van der Waals surface area contributed by atoms with Gasteiger partial charge in [-0.1, -0.05) is 42.5 Å². The molecule has 0 amide bonds. The van der Waals surface area contributed by atoms with Crippen molar-refractivity contribution in [2.45, 2.75) is 6.61 Å². The molecule has 0 aliphatic heterocycles. The third-order valence-electron chi connectivity index (χ3n) is 3.94. The molecule has 4 heteroatoms. The zero-order chi connectivity index (χ0) is 16.4. The van der Waals surface area contributed by atoms with Crippen LogP contribution < -0.4 is 10.6 Å². The smallest absolute Gasteiger partial charge is 0.140 e. The number of fused-ring (bicyclic) bond motifs is 1. The topological polar surface area (TPSA) is 53.1 Å². The molecule has 2 aromatic carbocycles. The molecule has 0 bridgehead atoms. The first-order chi connectivity index (χ1) is 11.8. The van der Waals surface area contributed by atoms with E-state index >= 15 is 0 Å². The van der Waals surface area contributed by atoms with Crippen LogP contribution in [0.5, 0.6) is 0 Å². The average Bonchev–Trinajstić information content (AvgIpc) is 3.03. The molecule has 0 fully saturated rings. The highest BCUT2D eigenvalue weighted by Crippen LogP contribution is 2.24. The lowest BCUT2D eigenvalue weighted by Gasteiger charge is -2.09. The molecular formula is C20H17N3O. The van der Waals surface area contributed by atoms with Crippen LogP contribution in [-0.4, -0.2) is 9.71 Å². The Morgan fingerprint density at radius 2 is 1.79 bits per heavy atom. The first kappa shape index (κ1) is 14.3. The zero-order valence-corrected chi connectivity index (χ0v) is 13.1. The van der Waals surface area contributed by atoms with Crippen molar-refractivity contribution in [1.82, 2.24) is 9.71 Å². The van der Waals surface area contributed by atoms with Crippen molar-refractivity contribution >= 4 is 16.7 Å². The van der Waals surface area contributed by atoms with E-state index in [9.17, 15) is 0 Å². The highest BCUT2D eigenvalue weighted by molar-refractivity contribution is 5.81. The Labute approximate surface area is 140 Å². The third kappa shape index (κ3) is 2.82. The molecule has 0 saturated carbocycles. The summed E-state index contributed by atoms with van der Waals surface area (Å²) in [4.78, 5) is 10.4. The molecule has 2 aromatic heterocycles. The Kier molecular flexibility index (Phi) is 3.63. The van der Waals surface area contributed by atoms with Gasteiger partial charge in [0.05, 0.1) is 5.52 Å². The molecule has 24 heavy (non-hydrogen) atoms. The van der Waals surface area contributed by atoms with Crippen molar-refractivity contribution in [1.29, 1.82) is 0 Å². The molecule has 0 saturated heterocycles. The average molecular weight is 315 g/mol. The number of anilines is 1. The lowest BCUT2D eigenvalue weighted by Crippen LogP contribution is -2.09. The van der Waals surface area contributed by atoms with E-state index in [1.807, 2.05) is 73.1 Å². The van der Waals surface area contributed by atoms with Crippen LogP contribution in [0.25, 0.3) is 22.2 Å². The molecule has 118 valence electrons. The quantitative estimate of drug-likeness (QED) is 0.581. The predicted molar refractivity (Wildman–Crippen MR) is 96.3 cm³/mol. The Bertz CT molecular complexity index is 977. The van der Waals surface area contributed by atoms with Gasteiger partial charge in [0, 0.05) is 23.6 Å². The van der Waals surface area contributed by atoms with Crippen molar-refractivity contribution in [3.05, 3.63) is 84.7 Å². The molecule has 0 unspecified atom stereocenters. The number of nitrogen functional groups attached to an aromatic ring is 1. The van der Waals surface area contributed by atoms with Crippen LogP contribution in [0, 0.1) is 0 Å². The van der Waals surface area contributed by atoms with Crippen molar-refractivity contribution in [3.8, 4) is 11.1 Å². The molecule has 0 atom stereocenters. The summed E-state index contributed by atoms with van der Waals surface area (Å²) in [5.41, 5.74) is 11.6. The molecule has 2 N–H and O–H groups in total. The fourth-order valence-electron chi connectivity index (χ4n) is 2.69. The number of pyridine rings is 1. The minimum Gasteiger partial charge on any atom is -0.409 e. The lowest BCUT2D eigenvalue weighted by atomic mass is 10.1. The third-order valence-corrected chi connectivity index (χ3v) is 3.94. The van der Waals surface area contributed by atoms with Crippen LogP contribution >= 0.6 is 0 Å². The van der Waals surface area contributed by atoms with Gasteiger partial charge in [-0.25, -0.2) is 0 Å². The Hall–Kier alpha value is -3.27. The number of aromatic nitrogens is 2. The van der Waals surface area contributed by atoms with E-state index in [2.05, 4.69) is 11.1 Å². The number of hydrogen-bond donors (Lipinski definition) is 1. The van der Waals surface area contributed by atoms with Crippen molar-refractivity contribution in [2.24, 2.45) is 0 Å². The van der Waals surface area contributed by atoms with Crippen LogP contribution in [0.2, 0.25) is 0 Å². The Balaban J connectivity index is 1.66. The number of hydrogen-bond acceptors (Lipinski definition) is 3. The molecule has 4 aromatic rings. The molecule has 0 aliphatic rings. The van der Waals surface area contributed by atoms with Gasteiger partial charge in [-0.3, -0.25) is 4.98 Å². The van der Waals surface area contributed by atoms with E-state index in [1.165, 1.54) is 0 Å². The summed E-state index contributed by atoms with van der Waals surface area (Å²) in [6.07, 6.45) is 3.75. The number of benzene rings is 2. The summed E-state index contributed by atoms with van der Waals surface area (Å²) < 4.78 is 1.77. The van der Waals surface area contributed by atoms with Crippen LogP contribution in [0.4, 0.5) is 5.69 Å². The Morgan fingerprint density at radius 3 is 2.62 bits per heavy atom. The first-order valence-corrected chi connectivity index (χ1v) is 7.80. The van der Waals surface area contributed by atoms with E-state index in [1.54, 1.807) is 4.73 Å². The van der Waals surface area contributed by atoms with Gasteiger partial charge >= 0.3 is 0 Å². The summed E-state index contributed by atoms with van der Waals surface area (Å²) in [5, 5.41) is 0. The van der Waals surface area contributed by atoms with Crippen molar-refractivity contribution < 1.29 is 4.84 Å². The molecule has 4 rings (SSSR count). The zero-order valence-electron chi connectivity index (χ0n) is 13.1. The molecular weight excluding hydrogens is 298 g/mol. The summed E-state index contributed by atoms with van der Waals surface area (Å²) in [6.45, 7) is 0.507. The molecule has 0 spiro atoms. The summed E-state index contributed by atoms with van der Waals surface area (Å²) in [7, 11) is 0. The van der Waals surface area contributed by atoms with Crippen LogP contribution in [0.15, 0.2) is 79.1 Å². The normalized spacial score (nSPS) is 10.8. The monoisotopic (exact) mass is 315 g/mol. The second-order valence-electron chi connectivity index (χ2n) is 5.65. The SMILES string of the molecule is Nc1cccc(-c2cnc3ccn(OCc4ccccc4)c3c2)c1. The van der Waals surface area contributed by atoms with Crippen LogP contribution in [0.3, 0.4) is 0 Å². The predicted octanol–water partition coefficient (Wildman–Crippen LogP) is 3.91. The van der Waals surface area contributed by atoms with Gasteiger partial charge in [-0.15, -0.1) is 0 Å². The molecule has 0 radical (unpaired) electrons. The van der Waals surface area contributed by atoms with E-state index < -0.39 is 0 Å². The molecule has 2 heterocycles. The van der Waals surface area contributed by atoms with Crippen LogP contribution in [0.1, 0.15) is 5.56 Å². The highest BCUT2D eigenvalue weighted by atomic mass is 16.7. The number of nitrogens with two attached hydrogens (primary N) is 1. The Morgan fingerprint density at radius 1 is 0.917 bits per heavy atom. The lowest BCUT2D eigenvalue weighted by molar-refractivity contribution is 0.107. The van der Waals surface area contributed by atoms with Crippen molar-refractivity contribution in [2.75, 3.05) is 5.73 Å². The van der Waals surface area contributed by atoms with E-state index in [-0.39, 0.29) is 0 Å². The second-order valence-corrected chi connectivity index (χ2v) is 5.65. The van der Waals surface area contributed by atoms with Gasteiger partial charge in [0.2, 0.25) is 0 Å². The summed E-state index contributed by atoms with van der Waals surface area (Å²) in [6, 6.07) is 21.9. The van der Waals surface area contributed by atoms with E-state index in [0.717, 1.165) is 33.4 Å². The van der Waals surface area contributed by atoms with Gasteiger partial charge < -0.3 is 10.6 Å². The first-order valence-electron chi connectivity index (χ1n) is 7.80. The standard InChI is InChI=1S/C20H17N3O/c21-18-8-4-7-16(11-18)17-12-20-19(22-13-17)9-10-23(20)24-14-15-5-2-1-3-6-15/h1-13H,14,21H2. The van der Waals surface area contributed by atoms with E-state index in [0.29, 0.717) is 6.61 Å². The number of nitrogens with zero attached hydrogens (tertiary/aromatic N) is 2. The second kappa shape index (κ2) is 6.08. The minimum absolute atomic E-state index is 0.507. The van der Waals surface area contributed by atoms with Gasteiger partial charge in [-0.05, 0) is 35.4 Å². The fraction of sp³-hybridized carbons (Fsp3) is 0.0500. The number of rotatable bonds is 4. The van der Waals surface area contributed by atoms with Gasteiger partial charge in [-0.2, -0.15) is 4.73 Å². The largest absolute Gasteiger partial charge is 0.409 e. The van der Waals surface area contributed by atoms with Gasteiger partial charge in [0.25, 0.3) is 0 Å². The summed E-state index contributed by atoms with van der Waals surface area (Å²) >= 11 is 0. The van der Waals surface area contributed by atoms with Crippen LogP contribution in [-0.2, 0) is 6.61 Å². The van der Waals surface area contributed by atoms with E-state index in [4.69, 9.17) is 10.6 Å². The van der Waals surface area contributed by atoms with Crippen molar-refractivity contribution in [3.63, 3.8) is 0 Å². The summed E-state index contributed by atoms with van der Waals surface area (Å²) in [5.74, 6) is 0. The fourth-order valence-corrected chi connectivity index (χ4v) is 2.69. The highest BCUT2D eigenvalue weighted by Gasteiger charge is 2.07. The molecule has 0 aliphatic carbocycles. The van der Waals surface area contributed by atoms with Gasteiger partial charge in [0.15, 0.2) is 0 Å².